The first-order valence-electron chi connectivity index (χ1n) is 6.16. The SMILES string of the molecule is Cc1cc(OCC2CCCCN2)ccc1C#N. The molecule has 0 amide bonds. The normalized spacial score (nSPS) is 19.6. The molecule has 0 bridgehead atoms. The first-order valence-corrected chi connectivity index (χ1v) is 6.16. The van der Waals surface area contributed by atoms with E-state index in [1.807, 2.05) is 25.1 Å². The number of nitrogens with zero attached hydrogens (tertiary/aromatic N) is 1. The maximum Gasteiger partial charge on any atom is 0.119 e. The lowest BCUT2D eigenvalue weighted by Crippen LogP contribution is -2.38. The minimum Gasteiger partial charge on any atom is -0.492 e. The molecule has 1 N–H and O–H groups in total. The Balaban J connectivity index is 1.90. The Kier molecular flexibility index (Phi) is 4.00. The summed E-state index contributed by atoms with van der Waals surface area (Å²) in [6, 6.07) is 8.25. The molecule has 90 valence electrons. The van der Waals surface area contributed by atoms with Gasteiger partial charge >= 0.3 is 0 Å². The second-order valence-electron chi connectivity index (χ2n) is 4.55. The van der Waals surface area contributed by atoms with E-state index in [2.05, 4.69) is 11.4 Å². The van der Waals surface area contributed by atoms with E-state index in [1.165, 1.54) is 19.3 Å². The first-order chi connectivity index (χ1) is 8.29. The highest BCUT2D eigenvalue weighted by Gasteiger charge is 2.12. The average molecular weight is 230 g/mol. The number of hydrogen-bond acceptors (Lipinski definition) is 3. The molecule has 1 aliphatic rings. The van der Waals surface area contributed by atoms with Gasteiger partial charge in [0, 0.05) is 6.04 Å². The van der Waals surface area contributed by atoms with Crippen molar-refractivity contribution >= 4 is 0 Å². The third kappa shape index (κ3) is 3.21. The summed E-state index contributed by atoms with van der Waals surface area (Å²) in [5.41, 5.74) is 1.69. The summed E-state index contributed by atoms with van der Waals surface area (Å²) in [6.07, 6.45) is 3.75. The van der Waals surface area contributed by atoms with Crippen LogP contribution in [0.25, 0.3) is 0 Å². The van der Waals surface area contributed by atoms with Crippen LogP contribution in [0.5, 0.6) is 5.75 Å². The summed E-state index contributed by atoms with van der Waals surface area (Å²) in [5, 5.41) is 12.3. The smallest absolute Gasteiger partial charge is 0.119 e. The van der Waals surface area contributed by atoms with Gasteiger partial charge in [0.15, 0.2) is 0 Å². The molecule has 1 aromatic rings. The van der Waals surface area contributed by atoms with Crippen molar-refractivity contribution in [2.75, 3.05) is 13.2 Å². The molecule has 0 radical (unpaired) electrons. The number of piperidine rings is 1. The Morgan fingerprint density at radius 2 is 2.35 bits per heavy atom. The van der Waals surface area contributed by atoms with Gasteiger partial charge < -0.3 is 10.1 Å². The van der Waals surface area contributed by atoms with Gasteiger partial charge in [-0.1, -0.05) is 6.42 Å². The predicted octanol–water partition coefficient (Wildman–Crippen LogP) is 2.39. The molecule has 1 unspecified atom stereocenters. The number of aryl methyl sites for hydroxylation is 1. The summed E-state index contributed by atoms with van der Waals surface area (Å²) in [5.74, 6) is 0.855. The molecule has 3 nitrogen and oxygen atoms in total. The molecular weight excluding hydrogens is 212 g/mol. The highest BCUT2D eigenvalue weighted by molar-refractivity contribution is 5.41. The lowest BCUT2D eigenvalue weighted by Gasteiger charge is -2.23. The molecule has 1 heterocycles. The molecule has 0 saturated carbocycles. The van der Waals surface area contributed by atoms with Crippen molar-refractivity contribution in [3.05, 3.63) is 29.3 Å². The van der Waals surface area contributed by atoms with Crippen molar-refractivity contribution in [1.82, 2.24) is 5.32 Å². The number of benzene rings is 1. The molecule has 2 rings (SSSR count). The summed E-state index contributed by atoms with van der Waals surface area (Å²) in [7, 11) is 0. The predicted molar refractivity (Wildman–Crippen MR) is 67.0 cm³/mol. The fourth-order valence-electron chi connectivity index (χ4n) is 2.11. The van der Waals surface area contributed by atoms with E-state index in [9.17, 15) is 0 Å². The van der Waals surface area contributed by atoms with Crippen LogP contribution >= 0.6 is 0 Å². The van der Waals surface area contributed by atoms with E-state index < -0.39 is 0 Å². The average Bonchev–Trinajstić information content (AvgIpc) is 2.38. The van der Waals surface area contributed by atoms with Gasteiger partial charge in [0.05, 0.1) is 11.6 Å². The van der Waals surface area contributed by atoms with Crippen molar-refractivity contribution in [2.24, 2.45) is 0 Å². The van der Waals surface area contributed by atoms with Crippen LogP contribution in [0.2, 0.25) is 0 Å². The fourth-order valence-corrected chi connectivity index (χ4v) is 2.11. The van der Waals surface area contributed by atoms with Crippen molar-refractivity contribution in [3.8, 4) is 11.8 Å². The maximum atomic E-state index is 8.84. The zero-order valence-electron chi connectivity index (χ0n) is 10.2. The van der Waals surface area contributed by atoms with E-state index in [1.54, 1.807) is 0 Å². The second-order valence-corrected chi connectivity index (χ2v) is 4.55. The Bertz CT molecular complexity index is 417. The number of nitriles is 1. The zero-order valence-corrected chi connectivity index (χ0v) is 10.2. The number of hydrogen-bond donors (Lipinski definition) is 1. The van der Waals surface area contributed by atoms with Gasteiger partial charge in [-0.05, 0) is 50.1 Å². The Morgan fingerprint density at radius 3 is 3.00 bits per heavy atom. The molecule has 1 fully saturated rings. The highest BCUT2D eigenvalue weighted by Crippen LogP contribution is 2.17. The molecule has 0 aromatic heterocycles. The Morgan fingerprint density at radius 1 is 1.47 bits per heavy atom. The van der Waals surface area contributed by atoms with Gasteiger partial charge in [0.1, 0.15) is 12.4 Å². The third-order valence-electron chi connectivity index (χ3n) is 3.18. The van der Waals surface area contributed by atoms with Gasteiger partial charge in [-0.3, -0.25) is 0 Å². The number of rotatable bonds is 3. The van der Waals surface area contributed by atoms with Crippen molar-refractivity contribution in [1.29, 1.82) is 5.26 Å². The zero-order chi connectivity index (χ0) is 12.1. The van der Waals surface area contributed by atoms with Crippen LogP contribution in [0.3, 0.4) is 0 Å². The summed E-state index contributed by atoms with van der Waals surface area (Å²) in [6.45, 7) is 3.75. The lowest BCUT2D eigenvalue weighted by atomic mass is 10.1. The van der Waals surface area contributed by atoms with Gasteiger partial charge in [-0.25, -0.2) is 0 Å². The highest BCUT2D eigenvalue weighted by atomic mass is 16.5. The molecule has 1 aliphatic heterocycles. The molecule has 17 heavy (non-hydrogen) atoms. The number of ether oxygens (including phenoxy) is 1. The fraction of sp³-hybridized carbons (Fsp3) is 0.500. The minimum atomic E-state index is 0.472. The summed E-state index contributed by atoms with van der Waals surface area (Å²) in [4.78, 5) is 0. The quantitative estimate of drug-likeness (QED) is 0.867. The van der Waals surface area contributed by atoms with Crippen LogP contribution in [-0.4, -0.2) is 19.2 Å². The Labute approximate surface area is 102 Å². The Hall–Kier alpha value is -1.53. The molecule has 0 spiro atoms. The molecular formula is C14H18N2O. The van der Waals surface area contributed by atoms with Crippen LogP contribution in [-0.2, 0) is 0 Å². The van der Waals surface area contributed by atoms with Crippen molar-refractivity contribution in [3.63, 3.8) is 0 Å². The third-order valence-corrected chi connectivity index (χ3v) is 3.18. The summed E-state index contributed by atoms with van der Waals surface area (Å²) < 4.78 is 5.75. The van der Waals surface area contributed by atoms with Crippen LogP contribution in [0.1, 0.15) is 30.4 Å². The van der Waals surface area contributed by atoms with Crippen molar-refractivity contribution in [2.45, 2.75) is 32.2 Å². The molecule has 1 aromatic carbocycles. The van der Waals surface area contributed by atoms with Gasteiger partial charge in [0.25, 0.3) is 0 Å². The number of nitrogens with one attached hydrogen (secondary N) is 1. The largest absolute Gasteiger partial charge is 0.492 e. The van der Waals surface area contributed by atoms with Gasteiger partial charge in [-0.2, -0.15) is 5.26 Å². The minimum absolute atomic E-state index is 0.472. The molecule has 0 aliphatic carbocycles. The van der Waals surface area contributed by atoms with Crippen LogP contribution in [0, 0.1) is 18.3 Å². The van der Waals surface area contributed by atoms with E-state index in [0.717, 1.165) is 17.9 Å². The molecule has 1 saturated heterocycles. The van der Waals surface area contributed by atoms with Crippen LogP contribution < -0.4 is 10.1 Å². The van der Waals surface area contributed by atoms with E-state index >= 15 is 0 Å². The molecule has 1 atom stereocenters. The van der Waals surface area contributed by atoms with E-state index in [-0.39, 0.29) is 0 Å². The van der Waals surface area contributed by atoms with E-state index in [0.29, 0.717) is 18.2 Å². The van der Waals surface area contributed by atoms with Crippen molar-refractivity contribution < 1.29 is 4.74 Å². The van der Waals surface area contributed by atoms with Crippen LogP contribution in [0.15, 0.2) is 18.2 Å². The van der Waals surface area contributed by atoms with Crippen LogP contribution in [0.4, 0.5) is 0 Å². The first kappa shape index (κ1) is 11.9. The van der Waals surface area contributed by atoms with Gasteiger partial charge in [0.2, 0.25) is 0 Å². The second kappa shape index (κ2) is 5.70. The topological polar surface area (TPSA) is 45.0 Å². The maximum absolute atomic E-state index is 8.84. The summed E-state index contributed by atoms with van der Waals surface area (Å²) >= 11 is 0. The van der Waals surface area contributed by atoms with Gasteiger partial charge in [-0.15, -0.1) is 0 Å². The lowest BCUT2D eigenvalue weighted by molar-refractivity contribution is 0.239. The molecule has 3 heteroatoms. The standard InChI is InChI=1S/C14H18N2O/c1-11-8-14(6-5-12(11)9-15)17-10-13-4-2-3-7-16-13/h5-6,8,13,16H,2-4,7,10H2,1H3. The monoisotopic (exact) mass is 230 g/mol. The van der Waals surface area contributed by atoms with E-state index in [4.69, 9.17) is 10.00 Å².